The van der Waals surface area contributed by atoms with E-state index in [2.05, 4.69) is 137 Å². The standard InChI is InChI=1S/C29H34N2/c1-28(2,3)23-18-13-19-24(29(4,5)6)27(23)25-20-26(21-14-9-7-10-15-21)31(30-25)22-16-11-8-12-17-22/h7-20,26,30H,1-6H3. The Hall–Kier alpha value is -3.00. The molecule has 1 aliphatic heterocycles. The molecule has 0 fully saturated rings. The molecular formula is C29H34N2. The first kappa shape index (κ1) is 21.2. The lowest BCUT2D eigenvalue weighted by atomic mass is 9.75. The summed E-state index contributed by atoms with van der Waals surface area (Å²) >= 11 is 0. The lowest BCUT2D eigenvalue weighted by molar-refractivity contribution is 0.564. The number of rotatable bonds is 3. The zero-order chi connectivity index (χ0) is 22.2. The van der Waals surface area contributed by atoms with Crippen LogP contribution in [-0.4, -0.2) is 0 Å². The second-order valence-corrected chi connectivity index (χ2v) is 10.5. The fraction of sp³-hybridized carbons (Fsp3) is 0.310. The van der Waals surface area contributed by atoms with Gasteiger partial charge in [-0.05, 0) is 45.7 Å². The van der Waals surface area contributed by atoms with E-state index < -0.39 is 0 Å². The van der Waals surface area contributed by atoms with Crippen LogP contribution in [0.25, 0.3) is 5.70 Å². The largest absolute Gasteiger partial charge is 0.297 e. The number of nitrogens with zero attached hydrogens (tertiary/aromatic N) is 1. The number of anilines is 1. The molecule has 3 aromatic rings. The van der Waals surface area contributed by atoms with Crippen LogP contribution in [-0.2, 0) is 10.8 Å². The number of hydrazine groups is 1. The first-order valence-electron chi connectivity index (χ1n) is 11.2. The van der Waals surface area contributed by atoms with E-state index in [4.69, 9.17) is 0 Å². The van der Waals surface area contributed by atoms with E-state index in [1.807, 2.05) is 0 Å². The van der Waals surface area contributed by atoms with E-state index in [9.17, 15) is 0 Å². The molecule has 0 spiro atoms. The van der Waals surface area contributed by atoms with Gasteiger partial charge in [-0.1, -0.05) is 108 Å². The highest BCUT2D eigenvalue weighted by molar-refractivity contribution is 5.77. The Morgan fingerprint density at radius 3 is 1.68 bits per heavy atom. The van der Waals surface area contributed by atoms with Gasteiger partial charge in [0, 0.05) is 5.56 Å². The molecule has 1 unspecified atom stereocenters. The molecule has 0 radical (unpaired) electrons. The third-order valence-corrected chi connectivity index (χ3v) is 5.97. The third-order valence-electron chi connectivity index (χ3n) is 5.97. The Morgan fingerprint density at radius 1 is 0.645 bits per heavy atom. The summed E-state index contributed by atoms with van der Waals surface area (Å²) < 4.78 is 0. The van der Waals surface area contributed by atoms with E-state index >= 15 is 0 Å². The number of benzene rings is 3. The van der Waals surface area contributed by atoms with Gasteiger partial charge in [-0.25, -0.2) is 0 Å². The minimum absolute atomic E-state index is 0.0432. The Morgan fingerprint density at radius 2 is 1.16 bits per heavy atom. The van der Waals surface area contributed by atoms with Crippen LogP contribution in [0.1, 0.15) is 69.8 Å². The summed E-state index contributed by atoms with van der Waals surface area (Å²) in [7, 11) is 0. The molecule has 2 heteroatoms. The Kier molecular flexibility index (Phi) is 5.43. The summed E-state index contributed by atoms with van der Waals surface area (Å²) in [6, 6.07) is 28.2. The van der Waals surface area contributed by atoms with E-state index in [1.54, 1.807) is 0 Å². The van der Waals surface area contributed by atoms with Crippen LogP contribution < -0.4 is 10.4 Å². The maximum Gasteiger partial charge on any atom is 0.0958 e. The molecule has 2 nitrogen and oxygen atoms in total. The molecule has 4 rings (SSSR count). The Labute approximate surface area is 187 Å². The second-order valence-electron chi connectivity index (χ2n) is 10.5. The summed E-state index contributed by atoms with van der Waals surface area (Å²) in [6.07, 6.45) is 2.39. The van der Waals surface area contributed by atoms with Crippen LogP contribution in [0.15, 0.2) is 84.9 Å². The van der Waals surface area contributed by atoms with Gasteiger partial charge in [0.15, 0.2) is 0 Å². The molecule has 3 aromatic carbocycles. The predicted octanol–water partition coefficient (Wildman–Crippen LogP) is 7.39. The monoisotopic (exact) mass is 410 g/mol. The van der Waals surface area contributed by atoms with Crippen molar-refractivity contribution < 1.29 is 0 Å². The second kappa shape index (κ2) is 7.92. The number of nitrogens with one attached hydrogen (secondary N) is 1. The van der Waals surface area contributed by atoms with Crippen LogP contribution in [0, 0.1) is 0 Å². The Balaban J connectivity index is 1.91. The minimum Gasteiger partial charge on any atom is -0.297 e. The quantitative estimate of drug-likeness (QED) is 0.484. The maximum atomic E-state index is 3.79. The predicted molar refractivity (Wildman–Crippen MR) is 133 cm³/mol. The zero-order valence-electron chi connectivity index (χ0n) is 19.6. The van der Waals surface area contributed by atoms with Crippen LogP contribution in [0.5, 0.6) is 0 Å². The number of hydrogen-bond acceptors (Lipinski definition) is 2. The highest BCUT2D eigenvalue weighted by atomic mass is 15.5. The molecule has 1 N–H and O–H groups in total. The molecule has 0 bridgehead atoms. The molecule has 1 aliphatic rings. The maximum absolute atomic E-state index is 3.79. The van der Waals surface area contributed by atoms with Gasteiger partial charge in [-0.3, -0.25) is 10.4 Å². The van der Waals surface area contributed by atoms with Crippen molar-refractivity contribution in [1.82, 2.24) is 5.43 Å². The Bertz CT molecular complexity index is 1030. The highest BCUT2D eigenvalue weighted by Gasteiger charge is 2.33. The van der Waals surface area contributed by atoms with Gasteiger partial charge in [0.1, 0.15) is 0 Å². The van der Waals surface area contributed by atoms with Gasteiger partial charge in [0.05, 0.1) is 17.4 Å². The van der Waals surface area contributed by atoms with Crippen molar-refractivity contribution in [3.8, 4) is 0 Å². The van der Waals surface area contributed by atoms with E-state index in [0.717, 1.165) is 5.69 Å². The molecule has 0 saturated carbocycles. The lowest BCUT2D eigenvalue weighted by Crippen LogP contribution is -2.35. The molecule has 0 aromatic heterocycles. The first-order valence-corrected chi connectivity index (χ1v) is 11.2. The topological polar surface area (TPSA) is 15.3 Å². The van der Waals surface area contributed by atoms with E-state index in [0.29, 0.717) is 0 Å². The number of para-hydroxylation sites is 1. The summed E-state index contributed by atoms with van der Waals surface area (Å²) in [6.45, 7) is 13.8. The van der Waals surface area contributed by atoms with Crippen molar-refractivity contribution in [2.45, 2.75) is 58.4 Å². The van der Waals surface area contributed by atoms with Gasteiger partial charge in [-0.2, -0.15) is 0 Å². The van der Waals surface area contributed by atoms with Gasteiger partial charge >= 0.3 is 0 Å². The fourth-order valence-corrected chi connectivity index (χ4v) is 4.41. The van der Waals surface area contributed by atoms with Gasteiger partial charge in [-0.15, -0.1) is 0 Å². The average molecular weight is 411 g/mol. The fourth-order valence-electron chi connectivity index (χ4n) is 4.41. The molecule has 0 aliphatic carbocycles. The van der Waals surface area contributed by atoms with Crippen molar-refractivity contribution in [2.24, 2.45) is 0 Å². The van der Waals surface area contributed by atoms with Crippen LogP contribution in [0.2, 0.25) is 0 Å². The van der Waals surface area contributed by atoms with Crippen LogP contribution >= 0.6 is 0 Å². The number of hydrogen-bond donors (Lipinski definition) is 1. The molecule has 31 heavy (non-hydrogen) atoms. The SMILES string of the molecule is CC(C)(C)c1cccc(C(C)(C)C)c1C1=CC(c2ccccc2)N(c2ccccc2)N1. The normalized spacial score (nSPS) is 16.8. The van der Waals surface area contributed by atoms with Crippen molar-refractivity contribution in [3.63, 3.8) is 0 Å². The molecule has 1 atom stereocenters. The van der Waals surface area contributed by atoms with Gasteiger partial charge < -0.3 is 0 Å². The third kappa shape index (κ3) is 4.25. The smallest absolute Gasteiger partial charge is 0.0958 e. The molecule has 0 saturated heterocycles. The summed E-state index contributed by atoms with van der Waals surface area (Å²) in [5, 5.41) is 2.29. The van der Waals surface area contributed by atoms with Crippen LogP contribution in [0.4, 0.5) is 5.69 Å². The lowest BCUT2D eigenvalue weighted by Gasteiger charge is -2.32. The minimum atomic E-state index is 0.0432. The molecule has 0 amide bonds. The van der Waals surface area contributed by atoms with Crippen molar-refractivity contribution in [3.05, 3.63) is 107 Å². The van der Waals surface area contributed by atoms with E-state index in [-0.39, 0.29) is 16.9 Å². The first-order chi connectivity index (χ1) is 14.7. The zero-order valence-corrected chi connectivity index (χ0v) is 19.6. The van der Waals surface area contributed by atoms with Gasteiger partial charge in [0.25, 0.3) is 0 Å². The molecule has 1 heterocycles. The molecular weight excluding hydrogens is 376 g/mol. The van der Waals surface area contributed by atoms with E-state index in [1.165, 1.54) is 28.0 Å². The van der Waals surface area contributed by atoms with Crippen molar-refractivity contribution in [1.29, 1.82) is 0 Å². The van der Waals surface area contributed by atoms with Crippen molar-refractivity contribution in [2.75, 3.05) is 5.01 Å². The molecule has 160 valence electrons. The summed E-state index contributed by atoms with van der Waals surface area (Å²) in [5.74, 6) is 0. The highest BCUT2D eigenvalue weighted by Crippen LogP contribution is 2.42. The van der Waals surface area contributed by atoms with Crippen LogP contribution in [0.3, 0.4) is 0 Å². The average Bonchev–Trinajstić information content (AvgIpc) is 3.18. The summed E-state index contributed by atoms with van der Waals surface area (Å²) in [5.41, 5.74) is 11.6. The van der Waals surface area contributed by atoms with Gasteiger partial charge in [0.2, 0.25) is 0 Å². The van der Waals surface area contributed by atoms with Crippen molar-refractivity contribution >= 4 is 11.4 Å². The summed E-state index contributed by atoms with van der Waals surface area (Å²) in [4.78, 5) is 0.